The minimum Gasteiger partial charge on any atom is -0.480 e. The molecular formula is C26H43NO5. The minimum absolute atomic E-state index is 0.177. The Kier molecular flexibility index (Phi) is 6.68. The Labute approximate surface area is 192 Å². The number of rotatable bonds is 6. The first-order valence-electron chi connectivity index (χ1n) is 12.9. The van der Waals surface area contributed by atoms with Gasteiger partial charge >= 0.3 is 5.97 Å². The second kappa shape index (κ2) is 8.90. The molecule has 182 valence electrons. The van der Waals surface area contributed by atoms with Crippen LogP contribution in [0.1, 0.15) is 85.0 Å². The maximum atomic E-state index is 12.0. The summed E-state index contributed by atoms with van der Waals surface area (Å²) in [6, 6.07) is 0. The summed E-state index contributed by atoms with van der Waals surface area (Å²) in [5.74, 6) is 1.66. The molecule has 6 heteroatoms. The van der Waals surface area contributed by atoms with Crippen molar-refractivity contribution in [3.05, 3.63) is 0 Å². The molecule has 0 heterocycles. The molecule has 32 heavy (non-hydrogen) atoms. The molecule has 6 nitrogen and oxygen atoms in total. The summed E-state index contributed by atoms with van der Waals surface area (Å²) >= 11 is 0. The number of carboxylic acid groups (broad SMARTS) is 1. The van der Waals surface area contributed by atoms with E-state index in [0.717, 1.165) is 44.9 Å². The number of aliphatic carboxylic acids is 1. The lowest BCUT2D eigenvalue weighted by atomic mass is 9.43. The van der Waals surface area contributed by atoms with Gasteiger partial charge in [0.25, 0.3) is 0 Å². The van der Waals surface area contributed by atoms with E-state index in [1.807, 2.05) is 0 Å². The van der Waals surface area contributed by atoms with Gasteiger partial charge in [-0.25, -0.2) is 0 Å². The zero-order valence-electron chi connectivity index (χ0n) is 20.1. The molecule has 0 aromatic carbocycles. The van der Waals surface area contributed by atoms with E-state index in [2.05, 4.69) is 26.1 Å². The summed E-state index contributed by atoms with van der Waals surface area (Å²) in [4.78, 5) is 22.7. The Morgan fingerprint density at radius 3 is 2.41 bits per heavy atom. The molecule has 0 radical (unpaired) electrons. The number of aliphatic hydroxyl groups excluding tert-OH is 2. The van der Waals surface area contributed by atoms with Gasteiger partial charge in [0.2, 0.25) is 5.91 Å². The summed E-state index contributed by atoms with van der Waals surface area (Å²) in [5, 5.41) is 32.8. The lowest BCUT2D eigenvalue weighted by Crippen LogP contribution is -2.58. The SMILES string of the molecule is C[C@H](CCC(=O)NCC(=O)O)[C@H]1CC[C@H]2[C@H]3[C@H](O)C[C@H]4C[C@H](O)CC[C@]4(C)[C@H]3CC[C@]12C. The highest BCUT2D eigenvalue weighted by molar-refractivity contribution is 5.81. The van der Waals surface area contributed by atoms with E-state index in [1.165, 1.54) is 12.8 Å². The number of amides is 1. The zero-order valence-corrected chi connectivity index (χ0v) is 20.1. The first kappa shape index (κ1) is 24.0. The number of aliphatic hydroxyl groups is 2. The van der Waals surface area contributed by atoms with Gasteiger partial charge in [-0.05, 0) is 104 Å². The van der Waals surface area contributed by atoms with Crippen LogP contribution in [0.15, 0.2) is 0 Å². The number of hydrogen-bond acceptors (Lipinski definition) is 4. The molecule has 0 aromatic rings. The van der Waals surface area contributed by atoms with Crippen molar-refractivity contribution < 1.29 is 24.9 Å². The molecule has 4 N–H and O–H groups in total. The van der Waals surface area contributed by atoms with Crippen LogP contribution in [0.3, 0.4) is 0 Å². The van der Waals surface area contributed by atoms with E-state index in [-0.39, 0.29) is 35.5 Å². The van der Waals surface area contributed by atoms with Gasteiger partial charge in [0.15, 0.2) is 0 Å². The number of fused-ring (bicyclic) bond motifs is 5. The lowest BCUT2D eigenvalue weighted by Gasteiger charge is -2.62. The molecule has 0 saturated heterocycles. The average molecular weight is 450 g/mol. The van der Waals surface area contributed by atoms with Crippen molar-refractivity contribution >= 4 is 11.9 Å². The largest absolute Gasteiger partial charge is 0.480 e. The fourth-order valence-corrected chi connectivity index (χ4v) is 9.00. The average Bonchev–Trinajstić information content (AvgIpc) is 3.09. The van der Waals surface area contributed by atoms with Gasteiger partial charge in [0.1, 0.15) is 6.54 Å². The molecule has 4 saturated carbocycles. The van der Waals surface area contributed by atoms with Gasteiger partial charge in [-0.15, -0.1) is 0 Å². The predicted octanol–water partition coefficient (Wildman–Crippen LogP) is 3.59. The number of hydrogen-bond donors (Lipinski definition) is 4. The van der Waals surface area contributed by atoms with E-state index in [4.69, 9.17) is 5.11 Å². The maximum Gasteiger partial charge on any atom is 0.322 e. The van der Waals surface area contributed by atoms with Gasteiger partial charge in [0.05, 0.1) is 12.2 Å². The van der Waals surface area contributed by atoms with Crippen LogP contribution >= 0.6 is 0 Å². The second-order valence-corrected chi connectivity index (χ2v) is 12.1. The summed E-state index contributed by atoms with van der Waals surface area (Å²) in [7, 11) is 0. The first-order valence-corrected chi connectivity index (χ1v) is 12.9. The van der Waals surface area contributed by atoms with Crippen molar-refractivity contribution in [3.8, 4) is 0 Å². The quantitative estimate of drug-likeness (QED) is 0.496. The second-order valence-electron chi connectivity index (χ2n) is 12.1. The van der Waals surface area contributed by atoms with Crippen molar-refractivity contribution in [3.63, 3.8) is 0 Å². The first-order chi connectivity index (χ1) is 15.1. The van der Waals surface area contributed by atoms with Crippen LogP contribution in [-0.2, 0) is 9.59 Å². The number of carboxylic acids is 1. The van der Waals surface area contributed by atoms with Crippen molar-refractivity contribution in [2.45, 2.75) is 97.2 Å². The molecular weight excluding hydrogens is 406 g/mol. The Bertz CT molecular complexity index is 727. The summed E-state index contributed by atoms with van der Waals surface area (Å²) in [6.45, 7) is 6.83. The van der Waals surface area contributed by atoms with Gasteiger partial charge in [-0.2, -0.15) is 0 Å². The lowest BCUT2D eigenvalue weighted by molar-refractivity contribution is -0.174. The standard InChI is InChI=1S/C26H43NO5/c1-15(4-7-22(30)27-14-23(31)32)18-5-6-19-24-20(9-11-26(18,19)3)25(2)10-8-17(28)12-16(25)13-21(24)29/h15-21,24,28-29H,4-14H2,1-3H3,(H,27,30)(H,31,32)/t15-,16-,17-,18-,19+,20+,21-,24-,25+,26-/m1/s1. The molecule has 4 aliphatic rings. The Morgan fingerprint density at radius 1 is 1.00 bits per heavy atom. The maximum absolute atomic E-state index is 12.0. The normalized spacial score (nSPS) is 46.5. The van der Waals surface area contributed by atoms with Crippen LogP contribution in [0, 0.1) is 46.3 Å². The highest BCUT2D eigenvalue weighted by Crippen LogP contribution is 2.68. The van der Waals surface area contributed by atoms with Gasteiger partial charge in [-0.1, -0.05) is 20.8 Å². The fourth-order valence-electron chi connectivity index (χ4n) is 9.00. The number of carbonyl (C=O) groups excluding carboxylic acids is 1. The molecule has 4 aliphatic carbocycles. The number of carbonyl (C=O) groups is 2. The van der Waals surface area contributed by atoms with Crippen LogP contribution in [0.25, 0.3) is 0 Å². The Morgan fingerprint density at radius 2 is 1.69 bits per heavy atom. The van der Waals surface area contributed by atoms with Crippen LogP contribution < -0.4 is 5.32 Å². The molecule has 0 bridgehead atoms. The minimum atomic E-state index is -1.01. The topological polar surface area (TPSA) is 107 Å². The third-order valence-electron chi connectivity index (χ3n) is 10.7. The summed E-state index contributed by atoms with van der Waals surface area (Å²) in [5.41, 5.74) is 0.451. The predicted molar refractivity (Wildman–Crippen MR) is 122 cm³/mol. The molecule has 0 aliphatic heterocycles. The molecule has 10 atom stereocenters. The zero-order chi connectivity index (χ0) is 23.3. The van der Waals surface area contributed by atoms with E-state index < -0.39 is 5.97 Å². The third-order valence-corrected chi connectivity index (χ3v) is 10.7. The van der Waals surface area contributed by atoms with E-state index in [9.17, 15) is 19.8 Å². The monoisotopic (exact) mass is 449 g/mol. The highest BCUT2D eigenvalue weighted by Gasteiger charge is 2.62. The van der Waals surface area contributed by atoms with Crippen molar-refractivity contribution in [1.29, 1.82) is 0 Å². The van der Waals surface area contributed by atoms with Gasteiger partial charge in [0, 0.05) is 6.42 Å². The van der Waals surface area contributed by atoms with Gasteiger partial charge in [-0.3, -0.25) is 9.59 Å². The van der Waals surface area contributed by atoms with E-state index in [1.54, 1.807) is 0 Å². The van der Waals surface area contributed by atoms with Crippen LogP contribution in [0.5, 0.6) is 0 Å². The third kappa shape index (κ3) is 4.11. The van der Waals surface area contributed by atoms with E-state index >= 15 is 0 Å². The molecule has 0 unspecified atom stereocenters. The van der Waals surface area contributed by atoms with Crippen LogP contribution in [0.2, 0.25) is 0 Å². The van der Waals surface area contributed by atoms with Crippen LogP contribution in [0.4, 0.5) is 0 Å². The highest BCUT2D eigenvalue weighted by atomic mass is 16.4. The number of nitrogens with one attached hydrogen (secondary N) is 1. The summed E-state index contributed by atoms with van der Waals surface area (Å²) < 4.78 is 0. The Hall–Kier alpha value is -1.14. The van der Waals surface area contributed by atoms with Crippen molar-refractivity contribution in [1.82, 2.24) is 5.32 Å². The molecule has 4 fully saturated rings. The summed E-state index contributed by atoms with van der Waals surface area (Å²) in [6.07, 6.45) is 9.06. The molecule has 4 rings (SSSR count). The molecule has 0 aromatic heterocycles. The smallest absolute Gasteiger partial charge is 0.322 e. The van der Waals surface area contributed by atoms with Crippen LogP contribution in [-0.4, -0.2) is 45.9 Å². The van der Waals surface area contributed by atoms with Gasteiger partial charge < -0.3 is 20.6 Å². The van der Waals surface area contributed by atoms with E-state index in [0.29, 0.717) is 41.9 Å². The Balaban J connectivity index is 1.44. The molecule has 0 spiro atoms. The van der Waals surface area contributed by atoms with Crippen molar-refractivity contribution in [2.24, 2.45) is 46.3 Å². The fraction of sp³-hybridized carbons (Fsp3) is 0.923. The van der Waals surface area contributed by atoms with Crippen molar-refractivity contribution in [2.75, 3.05) is 6.54 Å². The molecule has 1 amide bonds.